The van der Waals surface area contributed by atoms with Gasteiger partial charge in [-0.25, -0.2) is 4.79 Å². The number of unbranched alkanes of at least 4 members (excludes halogenated alkanes) is 9. The number of esters is 1. The second-order valence-electron chi connectivity index (χ2n) is 10.4. The first-order chi connectivity index (χ1) is 16.5. The van der Waals surface area contributed by atoms with Crippen LogP contribution in [0.2, 0.25) is 0 Å². The molecule has 6 heteroatoms. The van der Waals surface area contributed by atoms with Gasteiger partial charge in [-0.05, 0) is 44.6 Å². The van der Waals surface area contributed by atoms with Gasteiger partial charge in [-0.3, -0.25) is 0 Å². The summed E-state index contributed by atoms with van der Waals surface area (Å²) in [5.41, 5.74) is 0. The van der Waals surface area contributed by atoms with Gasteiger partial charge in [-0.1, -0.05) is 70.4 Å². The third kappa shape index (κ3) is 9.10. The quantitative estimate of drug-likeness (QED) is 0.184. The summed E-state index contributed by atoms with van der Waals surface area (Å²) < 4.78 is 17.7. The number of fused-ring (bicyclic) bond motifs is 1. The van der Waals surface area contributed by atoms with E-state index >= 15 is 0 Å². The Kier molecular flexibility index (Phi) is 11.6. The standard InChI is InChI=1S/C28H46O6/c1-2-3-4-5-6-7-8-9-10-11-12-13-14-15-22(29)18-24-19-23(30)20-28(33-24)21-26-25(34-28)16-17-27(31)32-26/h3-4,16-17,22-26,29-30H,2,5-15,18-21H2,1H3. The molecule has 2 fully saturated rings. The molecule has 0 aromatic carbocycles. The molecule has 6 atom stereocenters. The number of aliphatic hydroxyl groups is 2. The van der Waals surface area contributed by atoms with Crippen LogP contribution in [-0.4, -0.2) is 52.5 Å². The Bertz CT molecular complexity index is 661. The number of hydrogen-bond acceptors (Lipinski definition) is 6. The van der Waals surface area contributed by atoms with Crippen molar-refractivity contribution in [2.75, 3.05) is 0 Å². The molecule has 0 radical (unpaired) electrons. The first-order valence-electron chi connectivity index (χ1n) is 13.8. The van der Waals surface area contributed by atoms with E-state index in [1.165, 1.54) is 57.4 Å². The molecule has 2 saturated heterocycles. The molecule has 3 aliphatic heterocycles. The normalized spacial score (nSPS) is 31.8. The highest BCUT2D eigenvalue weighted by atomic mass is 16.7. The van der Waals surface area contributed by atoms with Crippen molar-refractivity contribution in [1.82, 2.24) is 0 Å². The molecule has 0 bridgehead atoms. The fraction of sp³-hybridized carbons (Fsp3) is 0.821. The van der Waals surface area contributed by atoms with Crippen LogP contribution in [-0.2, 0) is 19.0 Å². The second kappa shape index (κ2) is 14.4. The van der Waals surface area contributed by atoms with Gasteiger partial charge in [0.1, 0.15) is 12.2 Å². The largest absolute Gasteiger partial charge is 0.456 e. The number of ether oxygens (including phenoxy) is 3. The van der Waals surface area contributed by atoms with Gasteiger partial charge in [0.25, 0.3) is 0 Å². The van der Waals surface area contributed by atoms with Crippen molar-refractivity contribution < 1.29 is 29.2 Å². The van der Waals surface area contributed by atoms with Gasteiger partial charge in [0, 0.05) is 18.9 Å². The lowest BCUT2D eigenvalue weighted by molar-refractivity contribution is -0.285. The molecule has 0 amide bonds. The first-order valence-corrected chi connectivity index (χ1v) is 13.8. The maximum atomic E-state index is 11.5. The van der Waals surface area contributed by atoms with Gasteiger partial charge in [0.15, 0.2) is 5.79 Å². The molecular formula is C28H46O6. The van der Waals surface area contributed by atoms with E-state index in [1.54, 1.807) is 6.08 Å². The average Bonchev–Trinajstić information content (AvgIpc) is 3.12. The molecule has 0 aromatic rings. The van der Waals surface area contributed by atoms with Crippen LogP contribution in [0, 0.1) is 0 Å². The molecule has 2 N–H and O–H groups in total. The van der Waals surface area contributed by atoms with E-state index in [9.17, 15) is 15.0 Å². The molecule has 3 heterocycles. The summed E-state index contributed by atoms with van der Waals surface area (Å²) in [6.07, 6.45) is 22.0. The topological polar surface area (TPSA) is 85.2 Å². The van der Waals surface area contributed by atoms with Crippen molar-refractivity contribution in [3.63, 3.8) is 0 Å². The van der Waals surface area contributed by atoms with Crippen molar-refractivity contribution in [2.24, 2.45) is 0 Å². The third-order valence-corrected chi connectivity index (χ3v) is 7.23. The van der Waals surface area contributed by atoms with Crippen molar-refractivity contribution in [2.45, 2.75) is 146 Å². The lowest BCUT2D eigenvalue weighted by atomic mass is 9.92. The smallest absolute Gasteiger partial charge is 0.330 e. The van der Waals surface area contributed by atoms with E-state index < -0.39 is 18.0 Å². The Morgan fingerprint density at radius 3 is 2.47 bits per heavy atom. The van der Waals surface area contributed by atoms with Gasteiger partial charge in [0.05, 0.1) is 18.3 Å². The van der Waals surface area contributed by atoms with E-state index in [4.69, 9.17) is 14.2 Å². The van der Waals surface area contributed by atoms with Crippen LogP contribution in [0.5, 0.6) is 0 Å². The first kappa shape index (κ1) is 27.4. The van der Waals surface area contributed by atoms with Gasteiger partial charge < -0.3 is 24.4 Å². The minimum Gasteiger partial charge on any atom is -0.456 e. The fourth-order valence-electron chi connectivity index (χ4n) is 5.51. The number of rotatable bonds is 15. The van der Waals surface area contributed by atoms with E-state index in [2.05, 4.69) is 19.1 Å². The van der Waals surface area contributed by atoms with Gasteiger partial charge in [-0.2, -0.15) is 0 Å². The van der Waals surface area contributed by atoms with Crippen molar-refractivity contribution >= 4 is 5.97 Å². The predicted molar refractivity (Wildman–Crippen MR) is 132 cm³/mol. The van der Waals surface area contributed by atoms with Crippen molar-refractivity contribution in [3.05, 3.63) is 24.3 Å². The molecular weight excluding hydrogens is 432 g/mol. The molecule has 0 aliphatic carbocycles. The molecule has 0 saturated carbocycles. The summed E-state index contributed by atoms with van der Waals surface area (Å²) in [5.74, 6) is -1.29. The van der Waals surface area contributed by atoms with E-state index in [0.29, 0.717) is 25.7 Å². The molecule has 1 spiro atoms. The SMILES string of the molecule is CCC=CCCCCCCCCCCCC(O)CC1CC(O)CC2(CC3OC(=O)C=CC3O2)O1. The Morgan fingerprint density at radius 1 is 1.03 bits per heavy atom. The van der Waals surface area contributed by atoms with Crippen LogP contribution in [0.4, 0.5) is 0 Å². The number of allylic oxidation sites excluding steroid dienone is 2. The Labute approximate surface area is 205 Å². The van der Waals surface area contributed by atoms with E-state index in [1.807, 2.05) is 0 Å². The van der Waals surface area contributed by atoms with Crippen molar-refractivity contribution in [3.8, 4) is 0 Å². The number of carbonyl (C=O) groups is 1. The summed E-state index contributed by atoms with van der Waals surface area (Å²) in [7, 11) is 0. The van der Waals surface area contributed by atoms with E-state index in [0.717, 1.165) is 25.7 Å². The second-order valence-corrected chi connectivity index (χ2v) is 10.4. The zero-order chi connectivity index (χ0) is 24.2. The molecule has 34 heavy (non-hydrogen) atoms. The third-order valence-electron chi connectivity index (χ3n) is 7.23. The molecule has 194 valence electrons. The van der Waals surface area contributed by atoms with Crippen LogP contribution >= 0.6 is 0 Å². The van der Waals surface area contributed by atoms with Crippen LogP contribution in [0.3, 0.4) is 0 Å². The highest BCUT2D eigenvalue weighted by Crippen LogP contribution is 2.44. The fourth-order valence-corrected chi connectivity index (χ4v) is 5.51. The minimum atomic E-state index is -0.932. The molecule has 6 unspecified atom stereocenters. The van der Waals surface area contributed by atoms with Crippen LogP contribution in [0.1, 0.15) is 110 Å². The van der Waals surface area contributed by atoms with Crippen LogP contribution < -0.4 is 0 Å². The maximum Gasteiger partial charge on any atom is 0.330 e. The molecule has 3 rings (SSSR count). The maximum absolute atomic E-state index is 11.5. The zero-order valence-corrected chi connectivity index (χ0v) is 21.0. The van der Waals surface area contributed by atoms with Gasteiger partial charge in [-0.15, -0.1) is 0 Å². The van der Waals surface area contributed by atoms with Crippen molar-refractivity contribution in [1.29, 1.82) is 0 Å². The molecule has 6 nitrogen and oxygen atoms in total. The monoisotopic (exact) mass is 478 g/mol. The van der Waals surface area contributed by atoms with Crippen LogP contribution in [0.15, 0.2) is 24.3 Å². The minimum absolute atomic E-state index is 0.254. The summed E-state index contributed by atoms with van der Waals surface area (Å²) in [4.78, 5) is 11.5. The highest BCUT2D eigenvalue weighted by Gasteiger charge is 2.53. The number of aliphatic hydroxyl groups excluding tert-OH is 2. The summed E-state index contributed by atoms with van der Waals surface area (Å²) in [6, 6.07) is 0. The molecule has 0 aromatic heterocycles. The number of hydrogen-bond donors (Lipinski definition) is 2. The molecule has 3 aliphatic rings. The lowest BCUT2D eigenvalue weighted by Gasteiger charge is -2.40. The Balaban J connectivity index is 1.23. The van der Waals surface area contributed by atoms with Gasteiger partial charge in [0.2, 0.25) is 0 Å². The predicted octanol–water partition coefficient (Wildman–Crippen LogP) is 5.50. The highest BCUT2D eigenvalue weighted by molar-refractivity contribution is 5.83. The summed E-state index contributed by atoms with van der Waals surface area (Å²) in [5, 5.41) is 21.0. The average molecular weight is 479 g/mol. The summed E-state index contributed by atoms with van der Waals surface area (Å²) in [6.45, 7) is 2.18. The van der Waals surface area contributed by atoms with Gasteiger partial charge >= 0.3 is 5.97 Å². The van der Waals surface area contributed by atoms with Crippen LogP contribution in [0.25, 0.3) is 0 Å². The Morgan fingerprint density at radius 2 is 1.74 bits per heavy atom. The zero-order valence-electron chi connectivity index (χ0n) is 21.0. The lowest BCUT2D eigenvalue weighted by Crippen LogP contribution is -2.47. The number of carbonyl (C=O) groups excluding carboxylic acids is 1. The summed E-state index contributed by atoms with van der Waals surface area (Å²) >= 11 is 0. The Hall–Kier alpha value is -1.21. The van der Waals surface area contributed by atoms with E-state index in [-0.39, 0.29) is 24.3 Å².